The SMILES string of the molecule is Cc1ccc(S(=O)c2cc(C)c3oc4c(c3c2)CNCC4)cc1. The Labute approximate surface area is 138 Å². The Morgan fingerprint density at radius 2 is 1.87 bits per heavy atom. The van der Waals surface area contributed by atoms with Crippen molar-refractivity contribution in [1.29, 1.82) is 0 Å². The number of furan rings is 1. The molecule has 1 aliphatic rings. The predicted molar refractivity (Wildman–Crippen MR) is 92.2 cm³/mol. The topological polar surface area (TPSA) is 42.2 Å². The van der Waals surface area contributed by atoms with Gasteiger partial charge >= 0.3 is 0 Å². The minimum Gasteiger partial charge on any atom is -0.460 e. The molecule has 1 aliphatic heterocycles. The van der Waals surface area contributed by atoms with Crippen LogP contribution in [0.4, 0.5) is 0 Å². The number of fused-ring (bicyclic) bond motifs is 3. The van der Waals surface area contributed by atoms with Crippen molar-refractivity contribution in [3.63, 3.8) is 0 Å². The Bertz CT molecular complexity index is 909. The van der Waals surface area contributed by atoms with Gasteiger partial charge in [-0.05, 0) is 43.7 Å². The van der Waals surface area contributed by atoms with Crippen LogP contribution in [0.25, 0.3) is 11.0 Å². The molecule has 1 N–H and O–H groups in total. The van der Waals surface area contributed by atoms with E-state index in [0.717, 1.165) is 51.6 Å². The van der Waals surface area contributed by atoms with Crippen molar-refractivity contribution < 1.29 is 8.63 Å². The van der Waals surface area contributed by atoms with E-state index in [9.17, 15) is 4.21 Å². The van der Waals surface area contributed by atoms with Gasteiger partial charge in [0.05, 0.1) is 10.8 Å². The molecule has 0 bridgehead atoms. The summed E-state index contributed by atoms with van der Waals surface area (Å²) in [7, 11) is -1.17. The number of hydrogen-bond donors (Lipinski definition) is 1. The average molecular weight is 325 g/mol. The maximum atomic E-state index is 12.9. The monoisotopic (exact) mass is 325 g/mol. The zero-order chi connectivity index (χ0) is 16.0. The lowest BCUT2D eigenvalue weighted by Gasteiger charge is -2.11. The fourth-order valence-corrected chi connectivity index (χ4v) is 4.32. The van der Waals surface area contributed by atoms with Gasteiger partial charge in [-0.15, -0.1) is 0 Å². The van der Waals surface area contributed by atoms with Crippen molar-refractivity contribution in [1.82, 2.24) is 5.32 Å². The third-order valence-electron chi connectivity index (χ3n) is 4.41. The predicted octanol–water partition coefficient (Wildman–Crippen LogP) is 3.86. The van der Waals surface area contributed by atoms with Gasteiger partial charge in [-0.1, -0.05) is 17.7 Å². The lowest BCUT2D eigenvalue weighted by Crippen LogP contribution is -2.22. The van der Waals surface area contributed by atoms with E-state index >= 15 is 0 Å². The molecule has 0 amide bonds. The van der Waals surface area contributed by atoms with Crippen molar-refractivity contribution in [2.45, 2.75) is 36.6 Å². The van der Waals surface area contributed by atoms with Gasteiger partial charge in [0.15, 0.2) is 0 Å². The summed E-state index contributed by atoms with van der Waals surface area (Å²) in [6.45, 7) is 5.84. The van der Waals surface area contributed by atoms with Gasteiger partial charge in [0.25, 0.3) is 0 Å². The molecule has 0 saturated heterocycles. The molecule has 0 radical (unpaired) electrons. The first-order chi connectivity index (χ1) is 11.1. The number of nitrogens with one attached hydrogen (secondary N) is 1. The second-order valence-electron chi connectivity index (χ2n) is 6.13. The van der Waals surface area contributed by atoms with E-state index in [1.165, 1.54) is 11.1 Å². The Morgan fingerprint density at radius 3 is 2.65 bits per heavy atom. The van der Waals surface area contributed by atoms with Crippen LogP contribution >= 0.6 is 0 Å². The van der Waals surface area contributed by atoms with Crippen molar-refractivity contribution in [2.24, 2.45) is 0 Å². The van der Waals surface area contributed by atoms with Crippen LogP contribution in [0.15, 0.2) is 50.6 Å². The zero-order valence-electron chi connectivity index (χ0n) is 13.3. The summed E-state index contributed by atoms with van der Waals surface area (Å²) < 4.78 is 18.9. The number of hydrogen-bond acceptors (Lipinski definition) is 3. The first-order valence-electron chi connectivity index (χ1n) is 7.87. The first-order valence-corrected chi connectivity index (χ1v) is 9.02. The van der Waals surface area contributed by atoms with Gasteiger partial charge in [0.1, 0.15) is 11.3 Å². The van der Waals surface area contributed by atoms with E-state index in [2.05, 4.69) is 5.32 Å². The van der Waals surface area contributed by atoms with Crippen LogP contribution < -0.4 is 5.32 Å². The summed E-state index contributed by atoms with van der Waals surface area (Å²) in [5, 5.41) is 4.49. The van der Waals surface area contributed by atoms with E-state index < -0.39 is 10.8 Å². The summed E-state index contributed by atoms with van der Waals surface area (Å²) in [5.41, 5.74) is 4.38. The fraction of sp³-hybridized carbons (Fsp3) is 0.263. The van der Waals surface area contributed by atoms with E-state index in [4.69, 9.17) is 4.42 Å². The molecule has 1 aromatic heterocycles. The summed E-state index contributed by atoms with van der Waals surface area (Å²) in [5.74, 6) is 1.07. The molecule has 3 aromatic rings. The number of aryl methyl sites for hydroxylation is 2. The van der Waals surface area contributed by atoms with E-state index in [-0.39, 0.29) is 0 Å². The zero-order valence-corrected chi connectivity index (χ0v) is 14.1. The Hall–Kier alpha value is -1.91. The minimum atomic E-state index is -1.17. The molecule has 0 saturated carbocycles. The summed E-state index contributed by atoms with van der Waals surface area (Å²) >= 11 is 0. The molecule has 4 heteroatoms. The van der Waals surface area contributed by atoms with Gasteiger partial charge in [0, 0.05) is 40.3 Å². The third-order valence-corrected chi connectivity index (χ3v) is 5.78. The molecule has 23 heavy (non-hydrogen) atoms. The van der Waals surface area contributed by atoms with Crippen LogP contribution in [-0.2, 0) is 23.8 Å². The number of rotatable bonds is 2. The molecule has 0 aliphatic carbocycles. The minimum absolute atomic E-state index is 0.822. The Kier molecular flexibility index (Phi) is 3.58. The molecule has 1 unspecified atom stereocenters. The van der Waals surface area contributed by atoms with Crippen molar-refractivity contribution >= 4 is 21.8 Å². The second-order valence-corrected chi connectivity index (χ2v) is 7.61. The first kappa shape index (κ1) is 14.7. The Morgan fingerprint density at radius 1 is 1.09 bits per heavy atom. The highest BCUT2D eigenvalue weighted by Crippen LogP contribution is 2.33. The highest BCUT2D eigenvalue weighted by Gasteiger charge is 2.20. The summed E-state index contributed by atoms with van der Waals surface area (Å²) in [6.07, 6.45) is 0.917. The second kappa shape index (κ2) is 5.62. The maximum Gasteiger partial charge on any atom is 0.137 e. The summed E-state index contributed by atoms with van der Waals surface area (Å²) in [6, 6.07) is 11.9. The van der Waals surface area contributed by atoms with Gasteiger partial charge in [-0.3, -0.25) is 0 Å². The fourth-order valence-electron chi connectivity index (χ4n) is 3.15. The average Bonchev–Trinajstić information content (AvgIpc) is 2.94. The summed E-state index contributed by atoms with van der Waals surface area (Å²) in [4.78, 5) is 1.68. The smallest absolute Gasteiger partial charge is 0.137 e. The molecule has 2 aromatic carbocycles. The molecule has 0 fully saturated rings. The standard InChI is InChI=1S/C19H19NO2S/c1-12-3-5-14(6-4-12)23(21)15-9-13(2)19-16(10-15)17-11-20-8-7-18(17)22-19/h3-6,9-10,20H,7-8,11H2,1-2H3. The maximum absolute atomic E-state index is 12.9. The number of benzene rings is 2. The van der Waals surface area contributed by atoms with Crippen LogP contribution in [0.2, 0.25) is 0 Å². The largest absolute Gasteiger partial charge is 0.460 e. The van der Waals surface area contributed by atoms with Crippen LogP contribution in [0.5, 0.6) is 0 Å². The molecular weight excluding hydrogens is 306 g/mol. The van der Waals surface area contributed by atoms with Crippen molar-refractivity contribution in [2.75, 3.05) is 6.54 Å². The highest BCUT2D eigenvalue weighted by atomic mass is 32.2. The van der Waals surface area contributed by atoms with E-state index in [0.29, 0.717) is 0 Å². The van der Waals surface area contributed by atoms with Crippen molar-refractivity contribution in [3.8, 4) is 0 Å². The molecule has 1 atom stereocenters. The van der Waals surface area contributed by atoms with Crippen molar-refractivity contribution in [3.05, 3.63) is 58.8 Å². The molecule has 3 nitrogen and oxygen atoms in total. The van der Waals surface area contributed by atoms with Crippen LogP contribution in [0.3, 0.4) is 0 Å². The van der Waals surface area contributed by atoms with E-state index in [1.807, 2.05) is 50.2 Å². The molecule has 4 rings (SSSR count). The normalized spacial score (nSPS) is 15.6. The molecule has 0 spiro atoms. The Balaban J connectivity index is 1.84. The quantitative estimate of drug-likeness (QED) is 0.778. The molecule has 118 valence electrons. The third kappa shape index (κ3) is 2.52. The van der Waals surface area contributed by atoms with Gasteiger partial charge in [-0.2, -0.15) is 0 Å². The van der Waals surface area contributed by atoms with Gasteiger partial charge in [0.2, 0.25) is 0 Å². The highest BCUT2D eigenvalue weighted by molar-refractivity contribution is 7.85. The van der Waals surface area contributed by atoms with Crippen LogP contribution in [-0.4, -0.2) is 10.8 Å². The molecular formula is C19H19NO2S. The lowest BCUT2D eigenvalue weighted by atomic mass is 10.0. The van der Waals surface area contributed by atoms with Gasteiger partial charge < -0.3 is 9.73 Å². The van der Waals surface area contributed by atoms with E-state index in [1.54, 1.807) is 0 Å². The van der Waals surface area contributed by atoms with Crippen LogP contribution in [0, 0.1) is 13.8 Å². The molecule has 2 heterocycles. The lowest BCUT2D eigenvalue weighted by molar-refractivity contribution is 0.499. The van der Waals surface area contributed by atoms with Crippen LogP contribution in [0.1, 0.15) is 22.5 Å². The van der Waals surface area contributed by atoms with Gasteiger partial charge in [-0.25, -0.2) is 4.21 Å².